The molecule has 0 amide bonds. The van der Waals surface area contributed by atoms with Crippen LogP contribution in [0.3, 0.4) is 0 Å². The third-order valence-electron chi connectivity index (χ3n) is 1.55. The zero-order valence-electron chi connectivity index (χ0n) is 7.86. The predicted octanol–water partition coefficient (Wildman–Crippen LogP) is 2.17. The van der Waals surface area contributed by atoms with Crippen LogP contribution < -0.4 is 4.74 Å². The average Bonchev–Trinajstić information content (AvgIpc) is 2.15. The van der Waals surface area contributed by atoms with E-state index in [1.807, 2.05) is 30.5 Å². The molecule has 0 unspecified atom stereocenters. The van der Waals surface area contributed by atoms with Gasteiger partial charge in [0.25, 0.3) is 0 Å². The molecule has 0 aromatic heterocycles. The quantitative estimate of drug-likeness (QED) is 0.752. The van der Waals surface area contributed by atoms with Crippen LogP contribution in [0.25, 0.3) is 0 Å². The molecular weight excluding hydrogens is 184 g/mol. The maximum Gasteiger partial charge on any atom is 0.119 e. The first-order valence-corrected chi connectivity index (χ1v) is 5.40. The highest BCUT2D eigenvalue weighted by atomic mass is 32.2. The second-order valence-electron chi connectivity index (χ2n) is 2.84. The second kappa shape index (κ2) is 5.14. The summed E-state index contributed by atoms with van der Waals surface area (Å²) in [6, 6.07) is 7.83. The Labute approximate surface area is 82.9 Å². The minimum Gasteiger partial charge on any atom is -0.491 e. The number of hydrogen-bond donors (Lipinski definition) is 1. The van der Waals surface area contributed by atoms with Crippen molar-refractivity contribution in [1.82, 2.24) is 0 Å². The Morgan fingerprint density at radius 3 is 2.46 bits per heavy atom. The number of ether oxygens (including phenoxy) is 1. The third-order valence-corrected chi connectivity index (χ3v) is 2.29. The van der Waals surface area contributed by atoms with Gasteiger partial charge in [0.15, 0.2) is 0 Å². The summed E-state index contributed by atoms with van der Waals surface area (Å²) in [7, 11) is 0. The smallest absolute Gasteiger partial charge is 0.119 e. The lowest BCUT2D eigenvalue weighted by molar-refractivity contribution is 0.122. The van der Waals surface area contributed by atoms with Gasteiger partial charge in [0, 0.05) is 4.90 Å². The van der Waals surface area contributed by atoms with Gasteiger partial charge in [-0.25, -0.2) is 0 Å². The van der Waals surface area contributed by atoms with Crippen LogP contribution in [0, 0.1) is 0 Å². The van der Waals surface area contributed by atoms with Gasteiger partial charge in [0.05, 0.1) is 6.10 Å². The number of aliphatic hydroxyl groups excluding tert-OH is 1. The van der Waals surface area contributed by atoms with Crippen molar-refractivity contribution in [3.8, 4) is 5.75 Å². The van der Waals surface area contributed by atoms with E-state index in [0.717, 1.165) is 5.75 Å². The van der Waals surface area contributed by atoms with Crippen molar-refractivity contribution in [3.05, 3.63) is 24.3 Å². The van der Waals surface area contributed by atoms with Gasteiger partial charge in [-0.2, -0.15) is 0 Å². The molecule has 2 nitrogen and oxygen atoms in total. The molecule has 0 saturated carbocycles. The van der Waals surface area contributed by atoms with E-state index in [0.29, 0.717) is 6.61 Å². The summed E-state index contributed by atoms with van der Waals surface area (Å²) in [5.74, 6) is 0.804. The maximum atomic E-state index is 8.99. The highest BCUT2D eigenvalue weighted by Crippen LogP contribution is 2.18. The average molecular weight is 198 g/mol. The molecule has 3 heteroatoms. The minimum absolute atomic E-state index is 0.346. The van der Waals surface area contributed by atoms with Gasteiger partial charge in [0.1, 0.15) is 12.4 Å². The van der Waals surface area contributed by atoms with Gasteiger partial charge in [-0.05, 0) is 37.4 Å². The van der Waals surface area contributed by atoms with Crippen molar-refractivity contribution in [3.63, 3.8) is 0 Å². The topological polar surface area (TPSA) is 29.5 Å². The normalized spacial score (nSPS) is 12.5. The molecule has 1 aromatic rings. The summed E-state index contributed by atoms with van der Waals surface area (Å²) in [6.07, 6.45) is 1.62. The summed E-state index contributed by atoms with van der Waals surface area (Å²) in [4.78, 5) is 1.21. The molecule has 1 aromatic carbocycles. The Bertz CT molecular complexity index is 244. The molecule has 0 aliphatic heterocycles. The van der Waals surface area contributed by atoms with Crippen molar-refractivity contribution in [1.29, 1.82) is 0 Å². The lowest BCUT2D eigenvalue weighted by atomic mass is 10.3. The van der Waals surface area contributed by atoms with Crippen LogP contribution in [0.1, 0.15) is 6.92 Å². The number of hydrogen-bond acceptors (Lipinski definition) is 3. The van der Waals surface area contributed by atoms with E-state index in [2.05, 4.69) is 0 Å². The third kappa shape index (κ3) is 3.70. The molecule has 13 heavy (non-hydrogen) atoms. The molecule has 0 bridgehead atoms. The largest absolute Gasteiger partial charge is 0.491 e. The van der Waals surface area contributed by atoms with Crippen molar-refractivity contribution < 1.29 is 9.84 Å². The molecule has 0 saturated heterocycles. The van der Waals surface area contributed by atoms with E-state index in [1.165, 1.54) is 4.90 Å². The summed E-state index contributed by atoms with van der Waals surface area (Å²) in [6.45, 7) is 2.05. The van der Waals surface area contributed by atoms with Gasteiger partial charge in [-0.1, -0.05) is 0 Å². The molecule has 0 heterocycles. The monoisotopic (exact) mass is 198 g/mol. The SMILES string of the molecule is CSc1ccc(OC[C@H](C)O)cc1. The highest BCUT2D eigenvalue weighted by Gasteiger charge is 1.97. The van der Waals surface area contributed by atoms with Crippen LogP contribution in [0.4, 0.5) is 0 Å². The predicted molar refractivity (Wildman–Crippen MR) is 55.4 cm³/mol. The second-order valence-corrected chi connectivity index (χ2v) is 3.72. The van der Waals surface area contributed by atoms with Gasteiger partial charge in [0.2, 0.25) is 0 Å². The summed E-state index contributed by atoms with van der Waals surface area (Å²) in [5, 5.41) is 8.99. The van der Waals surface area contributed by atoms with Gasteiger partial charge in [-0.3, -0.25) is 0 Å². The minimum atomic E-state index is -0.416. The molecule has 1 N–H and O–H groups in total. The lowest BCUT2D eigenvalue weighted by Crippen LogP contribution is -2.12. The van der Waals surface area contributed by atoms with E-state index in [-0.39, 0.29) is 0 Å². The van der Waals surface area contributed by atoms with E-state index in [4.69, 9.17) is 9.84 Å². The van der Waals surface area contributed by atoms with Gasteiger partial charge in [-0.15, -0.1) is 11.8 Å². The molecule has 0 fully saturated rings. The van der Waals surface area contributed by atoms with Gasteiger partial charge < -0.3 is 9.84 Å². The van der Waals surface area contributed by atoms with Crippen LogP contribution in [-0.4, -0.2) is 24.1 Å². The Kier molecular flexibility index (Phi) is 4.12. The van der Waals surface area contributed by atoms with Crippen molar-refractivity contribution in [2.24, 2.45) is 0 Å². The van der Waals surface area contributed by atoms with Crippen LogP contribution in [0.15, 0.2) is 29.2 Å². The first kappa shape index (κ1) is 10.4. The van der Waals surface area contributed by atoms with E-state index in [1.54, 1.807) is 18.7 Å². The van der Waals surface area contributed by atoms with Crippen LogP contribution in [0.5, 0.6) is 5.75 Å². The number of aliphatic hydroxyl groups is 1. The Hall–Kier alpha value is -0.670. The molecule has 1 atom stereocenters. The van der Waals surface area contributed by atoms with Crippen LogP contribution >= 0.6 is 11.8 Å². The molecule has 1 rings (SSSR count). The summed E-state index contributed by atoms with van der Waals surface area (Å²) >= 11 is 1.70. The number of benzene rings is 1. The Balaban J connectivity index is 2.49. The first-order valence-electron chi connectivity index (χ1n) is 4.17. The van der Waals surface area contributed by atoms with Crippen LogP contribution in [0.2, 0.25) is 0 Å². The summed E-state index contributed by atoms with van der Waals surface area (Å²) in [5.41, 5.74) is 0. The zero-order chi connectivity index (χ0) is 9.68. The van der Waals surface area contributed by atoms with Crippen molar-refractivity contribution in [2.75, 3.05) is 12.9 Å². The fraction of sp³-hybridized carbons (Fsp3) is 0.400. The fourth-order valence-corrected chi connectivity index (χ4v) is 1.30. The highest BCUT2D eigenvalue weighted by molar-refractivity contribution is 7.98. The zero-order valence-corrected chi connectivity index (χ0v) is 8.67. The fourth-order valence-electron chi connectivity index (χ4n) is 0.889. The summed E-state index contributed by atoms with van der Waals surface area (Å²) < 4.78 is 5.31. The first-order chi connectivity index (χ1) is 6.22. The number of thioether (sulfide) groups is 1. The standard InChI is InChI=1S/C10H14O2S/c1-8(11)7-12-9-3-5-10(13-2)6-4-9/h3-6,8,11H,7H2,1-2H3/t8-/m0/s1. The molecular formula is C10H14O2S. The van der Waals surface area contributed by atoms with E-state index >= 15 is 0 Å². The number of rotatable bonds is 4. The molecule has 0 aliphatic rings. The molecule has 0 aliphatic carbocycles. The maximum absolute atomic E-state index is 8.99. The van der Waals surface area contributed by atoms with Crippen LogP contribution in [-0.2, 0) is 0 Å². The molecule has 0 radical (unpaired) electrons. The van der Waals surface area contributed by atoms with Gasteiger partial charge >= 0.3 is 0 Å². The van der Waals surface area contributed by atoms with E-state index in [9.17, 15) is 0 Å². The molecule has 72 valence electrons. The Morgan fingerprint density at radius 1 is 1.38 bits per heavy atom. The lowest BCUT2D eigenvalue weighted by Gasteiger charge is -2.07. The van der Waals surface area contributed by atoms with Crippen molar-refractivity contribution >= 4 is 11.8 Å². The van der Waals surface area contributed by atoms with E-state index < -0.39 is 6.10 Å². The van der Waals surface area contributed by atoms with Crippen molar-refractivity contribution in [2.45, 2.75) is 17.9 Å². The molecule has 0 spiro atoms. The Morgan fingerprint density at radius 2 is 2.00 bits per heavy atom.